The second-order valence-corrected chi connectivity index (χ2v) is 6.44. The maximum atomic E-state index is 11.1. The van der Waals surface area contributed by atoms with Gasteiger partial charge in [0.1, 0.15) is 11.6 Å². The van der Waals surface area contributed by atoms with Gasteiger partial charge in [0.2, 0.25) is 5.91 Å². The average Bonchev–Trinajstić information content (AvgIpc) is 2.11. The Morgan fingerprint density at radius 2 is 1.17 bits per heavy atom. The molecular formula is C14H27NO3. The predicted molar refractivity (Wildman–Crippen MR) is 73.3 cm³/mol. The molecule has 0 saturated carbocycles. The molecule has 4 heteroatoms. The van der Waals surface area contributed by atoms with Crippen LogP contribution in [0.1, 0.15) is 55.4 Å². The maximum Gasteiger partial charge on any atom is 0.225 e. The molecule has 0 aromatic heterocycles. The van der Waals surface area contributed by atoms with Crippen LogP contribution in [0.2, 0.25) is 0 Å². The molecule has 0 aromatic rings. The summed E-state index contributed by atoms with van der Waals surface area (Å²) < 4.78 is 0. The van der Waals surface area contributed by atoms with E-state index in [0.717, 1.165) is 0 Å². The molecule has 0 aliphatic rings. The highest BCUT2D eigenvalue weighted by atomic mass is 16.2. The van der Waals surface area contributed by atoms with Gasteiger partial charge in [0, 0.05) is 10.8 Å². The number of carbonyl (C=O) groups is 3. The zero-order valence-corrected chi connectivity index (χ0v) is 12.9. The summed E-state index contributed by atoms with van der Waals surface area (Å²) in [4.78, 5) is 32.0. The van der Waals surface area contributed by atoms with E-state index in [4.69, 9.17) is 0 Å². The molecule has 106 valence electrons. The molecular weight excluding hydrogens is 230 g/mol. The van der Waals surface area contributed by atoms with Crippen LogP contribution in [0.25, 0.3) is 0 Å². The van der Waals surface area contributed by atoms with E-state index in [2.05, 4.69) is 5.32 Å². The van der Waals surface area contributed by atoms with Crippen LogP contribution >= 0.6 is 0 Å². The molecule has 0 atom stereocenters. The molecule has 0 bridgehead atoms. The van der Waals surface area contributed by atoms with Gasteiger partial charge >= 0.3 is 0 Å². The molecule has 0 aromatic carbocycles. The minimum Gasteiger partial charge on any atom is -0.349 e. The van der Waals surface area contributed by atoms with Crippen molar-refractivity contribution in [2.24, 2.45) is 10.8 Å². The van der Waals surface area contributed by atoms with Crippen molar-refractivity contribution in [3.8, 4) is 0 Å². The van der Waals surface area contributed by atoms with Crippen molar-refractivity contribution < 1.29 is 14.4 Å². The third-order valence-electron chi connectivity index (χ3n) is 2.24. The second-order valence-electron chi connectivity index (χ2n) is 6.44. The lowest BCUT2D eigenvalue weighted by Gasteiger charge is -2.16. The van der Waals surface area contributed by atoms with Gasteiger partial charge in [-0.25, -0.2) is 0 Å². The Hall–Kier alpha value is -1.19. The van der Waals surface area contributed by atoms with Crippen LogP contribution in [0.5, 0.6) is 0 Å². The molecule has 0 spiro atoms. The number of nitrogens with one attached hydrogen (secondary N) is 1. The number of ketones is 2. The predicted octanol–water partition coefficient (Wildman–Crippen LogP) is 2.36. The number of Topliss-reactive ketones (excluding diaryl/α,β-unsaturated/α-hetero) is 2. The molecule has 0 aliphatic heterocycles. The first-order valence-corrected chi connectivity index (χ1v) is 6.07. The number of hydrogen-bond donors (Lipinski definition) is 1. The van der Waals surface area contributed by atoms with Crippen LogP contribution in [-0.4, -0.2) is 24.0 Å². The van der Waals surface area contributed by atoms with Crippen LogP contribution in [0.4, 0.5) is 0 Å². The summed E-state index contributed by atoms with van der Waals surface area (Å²) in [5.74, 6) is 0.128. The van der Waals surface area contributed by atoms with Crippen LogP contribution in [0, 0.1) is 10.8 Å². The number of rotatable bonds is 2. The Balaban J connectivity index is 0. The summed E-state index contributed by atoms with van der Waals surface area (Å²) >= 11 is 0. The fraction of sp³-hybridized carbons (Fsp3) is 0.786. The van der Waals surface area contributed by atoms with Crippen LogP contribution in [-0.2, 0) is 14.4 Å². The maximum absolute atomic E-state index is 11.1. The van der Waals surface area contributed by atoms with Crippen molar-refractivity contribution in [3.63, 3.8) is 0 Å². The van der Waals surface area contributed by atoms with Crippen LogP contribution in [0.3, 0.4) is 0 Å². The molecule has 0 fully saturated rings. The van der Waals surface area contributed by atoms with E-state index in [1.807, 2.05) is 41.5 Å². The number of carbonyl (C=O) groups excluding carboxylic acids is 3. The lowest BCUT2D eigenvalue weighted by atomic mass is 9.92. The highest BCUT2D eigenvalue weighted by Gasteiger charge is 2.20. The summed E-state index contributed by atoms with van der Waals surface area (Å²) in [6, 6.07) is 0. The number of hydrogen-bond acceptors (Lipinski definition) is 3. The molecule has 0 radical (unpaired) electrons. The van der Waals surface area contributed by atoms with E-state index in [1.54, 1.807) is 6.92 Å². The van der Waals surface area contributed by atoms with E-state index in [1.165, 1.54) is 6.92 Å². The first-order valence-electron chi connectivity index (χ1n) is 6.07. The minimum atomic E-state index is -0.407. The zero-order chi connectivity index (χ0) is 15.1. The van der Waals surface area contributed by atoms with E-state index >= 15 is 0 Å². The SMILES string of the molecule is CC(=O)C(C)(C)C.CC(=O)CNC(=O)C(C)(C)C. The molecule has 18 heavy (non-hydrogen) atoms. The van der Waals surface area contributed by atoms with Gasteiger partial charge in [-0.1, -0.05) is 41.5 Å². The van der Waals surface area contributed by atoms with Crippen LogP contribution < -0.4 is 5.32 Å². The van der Waals surface area contributed by atoms with Crippen molar-refractivity contribution in [2.45, 2.75) is 55.4 Å². The molecule has 0 aliphatic carbocycles. The van der Waals surface area contributed by atoms with Crippen molar-refractivity contribution in [1.29, 1.82) is 0 Å². The Kier molecular flexibility index (Phi) is 7.76. The summed E-state index contributed by atoms with van der Waals surface area (Å²) in [6.07, 6.45) is 0. The van der Waals surface area contributed by atoms with Gasteiger partial charge in [-0.05, 0) is 13.8 Å². The monoisotopic (exact) mass is 257 g/mol. The third kappa shape index (κ3) is 11.3. The summed E-state index contributed by atoms with van der Waals surface area (Å²) in [5.41, 5.74) is -0.546. The highest BCUT2D eigenvalue weighted by molar-refractivity contribution is 5.87. The van der Waals surface area contributed by atoms with Gasteiger partial charge in [0.15, 0.2) is 0 Å². The molecule has 0 heterocycles. The van der Waals surface area contributed by atoms with Gasteiger partial charge in [-0.15, -0.1) is 0 Å². The zero-order valence-electron chi connectivity index (χ0n) is 12.9. The normalized spacial score (nSPS) is 11.1. The third-order valence-corrected chi connectivity index (χ3v) is 2.24. The minimum absolute atomic E-state index is 0.0254. The average molecular weight is 257 g/mol. The van der Waals surface area contributed by atoms with Gasteiger partial charge in [0.25, 0.3) is 0 Å². The van der Waals surface area contributed by atoms with Gasteiger partial charge in [0.05, 0.1) is 6.54 Å². The van der Waals surface area contributed by atoms with Crippen molar-refractivity contribution in [1.82, 2.24) is 5.32 Å². The van der Waals surface area contributed by atoms with Gasteiger partial charge in [-0.3, -0.25) is 14.4 Å². The summed E-state index contributed by atoms with van der Waals surface area (Å²) in [5, 5.41) is 2.53. The Bertz CT molecular complexity index is 306. The largest absolute Gasteiger partial charge is 0.349 e. The lowest BCUT2D eigenvalue weighted by Crippen LogP contribution is -2.37. The fourth-order valence-corrected chi connectivity index (χ4v) is 0.470. The topological polar surface area (TPSA) is 63.2 Å². The van der Waals surface area contributed by atoms with Crippen LogP contribution in [0.15, 0.2) is 0 Å². The summed E-state index contributed by atoms with van der Waals surface area (Å²) in [6.45, 7) is 14.4. The van der Waals surface area contributed by atoms with Crippen molar-refractivity contribution >= 4 is 17.5 Å². The first kappa shape index (κ1) is 19.2. The number of amides is 1. The van der Waals surface area contributed by atoms with Gasteiger partial charge < -0.3 is 5.32 Å². The van der Waals surface area contributed by atoms with E-state index in [0.29, 0.717) is 0 Å². The van der Waals surface area contributed by atoms with E-state index < -0.39 is 5.41 Å². The summed E-state index contributed by atoms with van der Waals surface area (Å²) in [7, 11) is 0. The lowest BCUT2D eigenvalue weighted by molar-refractivity contribution is -0.130. The Morgan fingerprint density at radius 1 is 0.833 bits per heavy atom. The fourth-order valence-electron chi connectivity index (χ4n) is 0.470. The second kappa shape index (κ2) is 7.29. The molecule has 1 N–H and O–H groups in total. The Morgan fingerprint density at radius 3 is 1.33 bits per heavy atom. The quantitative estimate of drug-likeness (QED) is 0.826. The van der Waals surface area contributed by atoms with E-state index in [9.17, 15) is 14.4 Å². The highest BCUT2D eigenvalue weighted by Crippen LogP contribution is 2.12. The van der Waals surface area contributed by atoms with Gasteiger partial charge in [-0.2, -0.15) is 0 Å². The molecule has 1 amide bonds. The molecule has 0 unspecified atom stereocenters. The molecule has 4 nitrogen and oxygen atoms in total. The molecule has 0 saturated heterocycles. The van der Waals surface area contributed by atoms with Crippen molar-refractivity contribution in [3.05, 3.63) is 0 Å². The van der Waals surface area contributed by atoms with E-state index in [-0.39, 0.29) is 29.4 Å². The molecule has 0 rings (SSSR count). The first-order chi connectivity index (χ1) is 7.78. The smallest absolute Gasteiger partial charge is 0.225 e. The van der Waals surface area contributed by atoms with Crippen molar-refractivity contribution in [2.75, 3.05) is 6.54 Å². The Labute approximate surface area is 111 Å². The standard InChI is InChI=1S/C8H15NO2.C6H12O/c1-6(10)5-9-7(11)8(2,3)4;1-5(7)6(2,3)4/h5H2,1-4H3,(H,9,11);1-4H3.